The summed E-state index contributed by atoms with van der Waals surface area (Å²) >= 11 is 0. The molecule has 1 aliphatic heterocycles. The van der Waals surface area contributed by atoms with Crippen LogP contribution >= 0.6 is 0 Å². The topological polar surface area (TPSA) is 119 Å². The first-order valence-electron chi connectivity index (χ1n) is 13.0. The summed E-state index contributed by atoms with van der Waals surface area (Å²) < 4.78 is 7.02. The van der Waals surface area contributed by atoms with Crippen molar-refractivity contribution in [3.63, 3.8) is 0 Å². The third-order valence-corrected chi connectivity index (χ3v) is 7.27. The van der Waals surface area contributed by atoms with Gasteiger partial charge in [-0.1, -0.05) is 19.1 Å². The van der Waals surface area contributed by atoms with Crippen LogP contribution < -0.4 is 15.4 Å². The molecule has 4 aromatic rings. The smallest absolute Gasteiger partial charge is 0.256 e. The second-order valence-corrected chi connectivity index (χ2v) is 9.91. The lowest BCUT2D eigenvalue weighted by atomic mass is 10.1. The third-order valence-electron chi connectivity index (χ3n) is 7.27. The van der Waals surface area contributed by atoms with Crippen molar-refractivity contribution in [1.82, 2.24) is 34.5 Å². The molecule has 4 N–H and O–H groups in total. The Hall–Kier alpha value is -3.67. The molecule has 0 spiro atoms. The highest BCUT2D eigenvalue weighted by Gasteiger charge is 2.27. The highest BCUT2D eigenvalue weighted by Crippen LogP contribution is 2.34. The molecule has 0 radical (unpaired) electrons. The number of H-pyrrole nitrogens is 1. The number of anilines is 3. The number of benzene rings is 1. The van der Waals surface area contributed by atoms with Gasteiger partial charge in [0.15, 0.2) is 0 Å². The molecule has 11 nitrogen and oxygen atoms in total. The van der Waals surface area contributed by atoms with Crippen LogP contribution in [0, 0.1) is 6.92 Å². The number of aliphatic hydroxyl groups is 1. The molecule has 1 aromatic carbocycles. The van der Waals surface area contributed by atoms with Gasteiger partial charge in [0.2, 0.25) is 5.95 Å². The fourth-order valence-corrected chi connectivity index (χ4v) is 5.16. The highest BCUT2D eigenvalue weighted by molar-refractivity contribution is 6.01. The number of fused-ring (bicyclic) bond motifs is 1. The number of nitrogens with zero attached hydrogens (tertiary/aromatic N) is 6. The number of ether oxygens (including phenoxy) is 1. The molecule has 3 aromatic heterocycles. The van der Waals surface area contributed by atoms with Crippen LogP contribution in [-0.2, 0) is 7.05 Å². The Kier molecular flexibility index (Phi) is 7.50. The summed E-state index contributed by atoms with van der Waals surface area (Å²) in [5, 5.41) is 23.1. The summed E-state index contributed by atoms with van der Waals surface area (Å²) in [5.41, 5.74) is 5.21. The fourth-order valence-electron chi connectivity index (χ4n) is 5.16. The van der Waals surface area contributed by atoms with Crippen molar-refractivity contribution >= 4 is 28.2 Å². The Balaban J connectivity index is 1.41. The van der Waals surface area contributed by atoms with Crippen molar-refractivity contribution in [2.75, 3.05) is 51.0 Å². The average molecular weight is 520 g/mol. The lowest BCUT2D eigenvalue weighted by molar-refractivity contribution is 0.0350. The van der Waals surface area contributed by atoms with Gasteiger partial charge in [-0.05, 0) is 32.0 Å². The first-order chi connectivity index (χ1) is 18.4. The van der Waals surface area contributed by atoms with Crippen molar-refractivity contribution in [2.24, 2.45) is 7.05 Å². The van der Waals surface area contributed by atoms with E-state index in [-0.39, 0.29) is 6.04 Å². The van der Waals surface area contributed by atoms with Crippen LogP contribution in [-0.4, -0.2) is 92.2 Å². The number of aromatic amines is 1. The summed E-state index contributed by atoms with van der Waals surface area (Å²) in [4.78, 5) is 17.4. The lowest BCUT2D eigenvalue weighted by Crippen LogP contribution is -2.54. The molecule has 11 heteroatoms. The standard InChI is InChI=1S/C27H37N9O2/c1-6-22(36-12-10-34(3)11-13-36)25(37)30-20-9-7-8-18-19(15-28-24(18)20)23-17(2)14-29-27(32-23)31-21-16-35(4)33-26(21)38-5/h7-9,14-16,22,25,28,30,37H,6,10-13H2,1-5H3,(H,29,31,32)/t22-,25?/m1/s1. The number of hydrogen-bond donors (Lipinski definition) is 4. The Morgan fingerprint density at radius 1 is 1.16 bits per heavy atom. The highest BCUT2D eigenvalue weighted by atomic mass is 16.5. The maximum absolute atomic E-state index is 11.2. The summed E-state index contributed by atoms with van der Waals surface area (Å²) in [6, 6.07) is 6.10. The van der Waals surface area contributed by atoms with Crippen LogP contribution in [0.3, 0.4) is 0 Å². The van der Waals surface area contributed by atoms with Gasteiger partial charge in [-0.2, -0.15) is 0 Å². The van der Waals surface area contributed by atoms with Gasteiger partial charge in [-0.15, -0.1) is 5.10 Å². The van der Waals surface area contributed by atoms with E-state index in [0.717, 1.165) is 66.0 Å². The zero-order valence-corrected chi connectivity index (χ0v) is 22.7. The van der Waals surface area contributed by atoms with Crippen molar-refractivity contribution in [1.29, 1.82) is 0 Å². The predicted molar refractivity (Wildman–Crippen MR) is 150 cm³/mol. The van der Waals surface area contributed by atoms with Crippen LogP contribution in [0.25, 0.3) is 22.2 Å². The first-order valence-corrected chi connectivity index (χ1v) is 13.0. The molecule has 1 saturated heterocycles. The van der Waals surface area contributed by atoms with Gasteiger partial charge in [-0.25, -0.2) is 9.97 Å². The minimum atomic E-state index is -0.688. The molecule has 0 amide bonds. The van der Waals surface area contributed by atoms with Gasteiger partial charge in [0.25, 0.3) is 5.88 Å². The summed E-state index contributed by atoms with van der Waals surface area (Å²) in [5.74, 6) is 0.926. The molecule has 5 rings (SSSR count). The van der Waals surface area contributed by atoms with Gasteiger partial charge in [0.05, 0.1) is 36.2 Å². The average Bonchev–Trinajstić information content (AvgIpc) is 3.50. The number of aryl methyl sites for hydroxylation is 2. The molecule has 1 unspecified atom stereocenters. The molecule has 1 fully saturated rings. The third kappa shape index (κ3) is 5.17. The van der Waals surface area contributed by atoms with E-state index in [9.17, 15) is 5.11 Å². The Bertz CT molecular complexity index is 1390. The lowest BCUT2D eigenvalue weighted by Gasteiger charge is -2.39. The van der Waals surface area contributed by atoms with E-state index in [1.54, 1.807) is 18.0 Å². The Morgan fingerprint density at radius 3 is 2.68 bits per heavy atom. The number of aromatic nitrogens is 5. The maximum atomic E-state index is 11.2. The SMILES string of the molecule is CC[C@H](C(O)Nc1cccc2c(-c3nc(Nc4cn(C)nc4OC)ncc3C)c[nH]c12)N1CCN(C)CC1. The summed E-state index contributed by atoms with van der Waals surface area (Å²) in [6.45, 7) is 8.07. The molecule has 0 aliphatic carbocycles. The largest absolute Gasteiger partial charge is 0.478 e. The monoisotopic (exact) mass is 519 g/mol. The number of likely N-dealkylation sites (N-methyl/N-ethyl adjacent to an activating group) is 1. The number of rotatable bonds is 9. The number of nitrogens with one attached hydrogen (secondary N) is 3. The predicted octanol–water partition coefficient (Wildman–Crippen LogP) is 3.18. The van der Waals surface area contributed by atoms with E-state index in [1.165, 1.54) is 0 Å². The Morgan fingerprint density at radius 2 is 1.95 bits per heavy atom. The van der Waals surface area contributed by atoms with Gasteiger partial charge in [0, 0.05) is 56.6 Å². The summed E-state index contributed by atoms with van der Waals surface area (Å²) in [7, 11) is 5.55. The first kappa shape index (κ1) is 26.0. The van der Waals surface area contributed by atoms with E-state index in [1.807, 2.05) is 38.5 Å². The molecular weight excluding hydrogens is 482 g/mol. The fraction of sp³-hybridized carbons (Fsp3) is 0.444. The molecule has 202 valence electrons. The Labute approximate surface area is 222 Å². The van der Waals surface area contributed by atoms with E-state index in [0.29, 0.717) is 17.5 Å². The van der Waals surface area contributed by atoms with Crippen LogP contribution in [0.4, 0.5) is 17.3 Å². The summed E-state index contributed by atoms with van der Waals surface area (Å²) in [6.07, 6.45) is 5.76. The van der Waals surface area contributed by atoms with E-state index in [2.05, 4.69) is 55.5 Å². The molecule has 2 atom stereocenters. The molecular formula is C27H37N9O2. The van der Waals surface area contributed by atoms with Gasteiger partial charge in [0.1, 0.15) is 11.9 Å². The van der Waals surface area contributed by atoms with Crippen LogP contribution in [0.5, 0.6) is 5.88 Å². The molecule has 38 heavy (non-hydrogen) atoms. The molecule has 0 saturated carbocycles. The minimum Gasteiger partial charge on any atom is -0.478 e. The van der Waals surface area contributed by atoms with Gasteiger partial charge < -0.3 is 30.4 Å². The van der Waals surface area contributed by atoms with E-state index < -0.39 is 6.23 Å². The number of para-hydroxylation sites is 1. The molecule has 1 aliphatic rings. The maximum Gasteiger partial charge on any atom is 0.256 e. The normalized spacial score (nSPS) is 16.5. The van der Waals surface area contributed by atoms with Crippen molar-refractivity contribution < 1.29 is 9.84 Å². The van der Waals surface area contributed by atoms with Gasteiger partial charge in [-0.3, -0.25) is 9.58 Å². The zero-order valence-electron chi connectivity index (χ0n) is 22.7. The number of hydrogen-bond acceptors (Lipinski definition) is 9. The number of piperazine rings is 1. The molecule has 0 bridgehead atoms. The van der Waals surface area contributed by atoms with Crippen LogP contribution in [0.1, 0.15) is 18.9 Å². The van der Waals surface area contributed by atoms with Crippen LogP contribution in [0.15, 0.2) is 36.8 Å². The number of aliphatic hydroxyl groups excluding tert-OH is 1. The number of methoxy groups -OCH3 is 1. The second-order valence-electron chi connectivity index (χ2n) is 9.91. The minimum absolute atomic E-state index is 0.0376. The van der Waals surface area contributed by atoms with E-state index in [4.69, 9.17) is 9.72 Å². The van der Waals surface area contributed by atoms with Crippen molar-refractivity contribution in [3.8, 4) is 17.1 Å². The van der Waals surface area contributed by atoms with Crippen molar-refractivity contribution in [2.45, 2.75) is 32.5 Å². The van der Waals surface area contributed by atoms with Crippen molar-refractivity contribution in [3.05, 3.63) is 42.4 Å². The quantitative estimate of drug-likeness (QED) is 0.247. The van der Waals surface area contributed by atoms with E-state index >= 15 is 0 Å². The zero-order chi connectivity index (χ0) is 26.8. The second kappa shape index (κ2) is 11.0. The molecule has 4 heterocycles. The van der Waals surface area contributed by atoms with Crippen LogP contribution in [0.2, 0.25) is 0 Å². The van der Waals surface area contributed by atoms with Gasteiger partial charge >= 0.3 is 0 Å².